The molecule has 2 aromatic heterocycles. The highest BCUT2D eigenvalue weighted by atomic mass is 16.5. The monoisotopic (exact) mass is 414 g/mol. The molecule has 2 aromatic carbocycles. The van der Waals surface area contributed by atoms with Gasteiger partial charge in [-0.3, -0.25) is 4.79 Å². The van der Waals surface area contributed by atoms with Crippen LogP contribution in [0, 0.1) is 5.92 Å². The van der Waals surface area contributed by atoms with Gasteiger partial charge in [0.05, 0.1) is 23.7 Å². The number of carbonyl (C=O) groups is 1. The molecule has 6 heteroatoms. The van der Waals surface area contributed by atoms with Crippen molar-refractivity contribution in [2.24, 2.45) is 5.92 Å². The molecule has 158 valence electrons. The molecule has 1 aliphatic rings. The molecule has 5 rings (SSSR count). The van der Waals surface area contributed by atoms with Gasteiger partial charge in [-0.25, -0.2) is 4.98 Å². The van der Waals surface area contributed by atoms with Crippen molar-refractivity contribution >= 4 is 28.3 Å². The first-order valence-corrected chi connectivity index (χ1v) is 10.7. The first-order chi connectivity index (χ1) is 15.2. The number of para-hydroxylation sites is 2. The van der Waals surface area contributed by atoms with Crippen molar-refractivity contribution in [3.8, 4) is 5.75 Å². The Morgan fingerprint density at radius 1 is 1.06 bits per heavy atom. The van der Waals surface area contributed by atoms with Crippen molar-refractivity contribution in [2.45, 2.75) is 19.4 Å². The number of nitrogens with one attached hydrogen (secondary N) is 1. The maximum atomic E-state index is 12.7. The minimum absolute atomic E-state index is 0.0325. The maximum absolute atomic E-state index is 12.7. The molecule has 1 fully saturated rings. The van der Waals surface area contributed by atoms with Crippen LogP contribution in [0.3, 0.4) is 0 Å². The quantitative estimate of drug-likeness (QED) is 0.536. The molecule has 6 nitrogen and oxygen atoms in total. The molecule has 4 aromatic rings. The molecule has 0 radical (unpaired) electrons. The van der Waals surface area contributed by atoms with Crippen molar-refractivity contribution < 1.29 is 9.53 Å². The normalized spacial score (nSPS) is 14.8. The first kappa shape index (κ1) is 19.4. The number of amides is 1. The Morgan fingerprint density at radius 2 is 1.87 bits per heavy atom. The maximum Gasteiger partial charge on any atom is 0.223 e. The summed E-state index contributed by atoms with van der Waals surface area (Å²) in [5.74, 6) is 1.96. The number of carbonyl (C=O) groups excluding carboxylic acids is 1. The molecule has 0 spiro atoms. The smallest absolute Gasteiger partial charge is 0.223 e. The van der Waals surface area contributed by atoms with Crippen molar-refractivity contribution in [1.29, 1.82) is 0 Å². The van der Waals surface area contributed by atoms with E-state index in [0.29, 0.717) is 6.54 Å². The summed E-state index contributed by atoms with van der Waals surface area (Å²) >= 11 is 0. The Kier molecular flexibility index (Phi) is 5.20. The number of ether oxygens (including phenoxy) is 1. The van der Waals surface area contributed by atoms with Crippen molar-refractivity contribution in [3.63, 3.8) is 0 Å². The molecule has 1 saturated heterocycles. The third-order valence-electron chi connectivity index (χ3n) is 6.11. The third-order valence-corrected chi connectivity index (χ3v) is 6.11. The average molecular weight is 415 g/mol. The van der Waals surface area contributed by atoms with E-state index in [4.69, 9.17) is 9.72 Å². The summed E-state index contributed by atoms with van der Waals surface area (Å²) in [6.45, 7) is 2.17. The second kappa shape index (κ2) is 8.30. The van der Waals surface area contributed by atoms with E-state index >= 15 is 0 Å². The zero-order chi connectivity index (χ0) is 21.2. The molecular formula is C25H26N4O2. The minimum atomic E-state index is 0.0325. The van der Waals surface area contributed by atoms with Gasteiger partial charge in [-0.15, -0.1) is 0 Å². The summed E-state index contributed by atoms with van der Waals surface area (Å²) < 4.78 is 7.46. The number of piperidine rings is 1. The van der Waals surface area contributed by atoms with Crippen LogP contribution < -0.4 is 15.0 Å². The van der Waals surface area contributed by atoms with Gasteiger partial charge in [-0.2, -0.15) is 0 Å². The van der Waals surface area contributed by atoms with E-state index in [1.807, 2.05) is 36.4 Å². The second-order valence-corrected chi connectivity index (χ2v) is 8.02. The highest BCUT2D eigenvalue weighted by Gasteiger charge is 2.26. The summed E-state index contributed by atoms with van der Waals surface area (Å²) in [7, 11) is 1.65. The molecule has 0 bridgehead atoms. The lowest BCUT2D eigenvalue weighted by atomic mass is 9.95. The Morgan fingerprint density at radius 3 is 2.71 bits per heavy atom. The molecular weight excluding hydrogens is 388 g/mol. The third kappa shape index (κ3) is 3.81. The largest absolute Gasteiger partial charge is 0.497 e. The van der Waals surface area contributed by atoms with Crippen LogP contribution in [0.25, 0.3) is 16.6 Å². The van der Waals surface area contributed by atoms with Gasteiger partial charge in [0.15, 0.2) is 5.82 Å². The van der Waals surface area contributed by atoms with Gasteiger partial charge in [0.1, 0.15) is 5.75 Å². The van der Waals surface area contributed by atoms with E-state index in [1.165, 1.54) is 0 Å². The van der Waals surface area contributed by atoms with E-state index in [0.717, 1.165) is 59.6 Å². The van der Waals surface area contributed by atoms with Crippen molar-refractivity contribution in [1.82, 2.24) is 14.7 Å². The highest BCUT2D eigenvalue weighted by molar-refractivity contribution is 5.85. The summed E-state index contributed by atoms with van der Waals surface area (Å²) in [6, 6.07) is 20.2. The summed E-state index contributed by atoms with van der Waals surface area (Å²) in [4.78, 5) is 20.0. The molecule has 0 aliphatic carbocycles. The predicted molar refractivity (Wildman–Crippen MR) is 122 cm³/mol. The lowest BCUT2D eigenvalue weighted by Crippen LogP contribution is -2.40. The number of hydrogen-bond acceptors (Lipinski definition) is 4. The fourth-order valence-electron chi connectivity index (χ4n) is 4.41. The van der Waals surface area contributed by atoms with E-state index in [1.54, 1.807) is 7.11 Å². The van der Waals surface area contributed by atoms with Crippen LogP contribution in [0.4, 0.5) is 5.82 Å². The molecule has 1 amide bonds. The Hall–Kier alpha value is -3.54. The first-order valence-electron chi connectivity index (χ1n) is 10.7. The Labute approximate surface area is 181 Å². The van der Waals surface area contributed by atoms with Gasteiger partial charge in [-0.1, -0.05) is 24.3 Å². The van der Waals surface area contributed by atoms with Crippen LogP contribution in [-0.4, -0.2) is 35.5 Å². The van der Waals surface area contributed by atoms with Gasteiger partial charge >= 0.3 is 0 Å². The van der Waals surface area contributed by atoms with Crippen LogP contribution in [0.2, 0.25) is 0 Å². The number of fused-ring (bicyclic) bond motifs is 3. The van der Waals surface area contributed by atoms with E-state index in [-0.39, 0.29) is 11.8 Å². The molecule has 1 N–H and O–H groups in total. The summed E-state index contributed by atoms with van der Waals surface area (Å²) in [6.07, 6.45) is 3.73. The zero-order valence-electron chi connectivity index (χ0n) is 17.6. The fourth-order valence-corrected chi connectivity index (χ4v) is 4.41. The number of benzene rings is 2. The lowest BCUT2D eigenvalue weighted by molar-refractivity contribution is -0.125. The Balaban J connectivity index is 1.26. The standard InChI is InChI=1S/C25H26N4O2/c1-31-20-7-4-6-18(16-20)17-26-25(30)19-11-14-28(15-12-19)24-23-10-5-13-29(23)22-9-3-2-8-21(22)27-24/h2-10,13,16,19H,11-12,14-15,17H2,1H3,(H,26,30). The van der Waals surface area contributed by atoms with E-state index in [9.17, 15) is 4.79 Å². The molecule has 0 saturated carbocycles. The van der Waals surface area contributed by atoms with Crippen LogP contribution in [0.15, 0.2) is 66.9 Å². The fraction of sp³-hybridized carbons (Fsp3) is 0.280. The van der Waals surface area contributed by atoms with Gasteiger partial charge in [0.2, 0.25) is 5.91 Å². The van der Waals surface area contributed by atoms with Crippen LogP contribution in [0.5, 0.6) is 5.75 Å². The average Bonchev–Trinajstić information content (AvgIpc) is 3.33. The summed E-state index contributed by atoms with van der Waals surface area (Å²) in [5, 5.41) is 3.09. The lowest BCUT2D eigenvalue weighted by Gasteiger charge is -2.32. The Bertz CT molecular complexity index is 1220. The number of methoxy groups -OCH3 is 1. The molecule has 1 aliphatic heterocycles. The number of hydrogen-bond donors (Lipinski definition) is 1. The molecule has 3 heterocycles. The van der Waals surface area contributed by atoms with Crippen LogP contribution >= 0.6 is 0 Å². The topological polar surface area (TPSA) is 58.9 Å². The van der Waals surface area contributed by atoms with Gasteiger partial charge in [-0.05, 0) is 54.8 Å². The predicted octanol–water partition coefficient (Wildman–Crippen LogP) is 4.03. The SMILES string of the molecule is COc1cccc(CNC(=O)C2CCN(c3nc4ccccc4n4cccc34)CC2)c1. The number of aromatic nitrogens is 2. The number of anilines is 1. The number of nitrogens with zero attached hydrogens (tertiary/aromatic N) is 3. The van der Waals surface area contributed by atoms with E-state index in [2.05, 4.69) is 45.1 Å². The van der Waals surface area contributed by atoms with Crippen LogP contribution in [-0.2, 0) is 11.3 Å². The molecule has 0 unspecified atom stereocenters. The van der Waals surface area contributed by atoms with Gasteiger partial charge in [0.25, 0.3) is 0 Å². The minimum Gasteiger partial charge on any atom is -0.497 e. The highest BCUT2D eigenvalue weighted by Crippen LogP contribution is 2.29. The molecule has 31 heavy (non-hydrogen) atoms. The van der Waals surface area contributed by atoms with Crippen molar-refractivity contribution in [2.75, 3.05) is 25.1 Å². The van der Waals surface area contributed by atoms with Crippen LogP contribution in [0.1, 0.15) is 18.4 Å². The van der Waals surface area contributed by atoms with Crippen molar-refractivity contribution in [3.05, 3.63) is 72.4 Å². The second-order valence-electron chi connectivity index (χ2n) is 8.02. The molecule has 0 atom stereocenters. The zero-order valence-corrected chi connectivity index (χ0v) is 17.6. The van der Waals surface area contributed by atoms with E-state index < -0.39 is 0 Å². The summed E-state index contributed by atoms with van der Waals surface area (Å²) in [5.41, 5.74) is 4.25. The number of rotatable bonds is 5. The van der Waals surface area contributed by atoms with Gasteiger partial charge < -0.3 is 19.4 Å². The van der Waals surface area contributed by atoms with Gasteiger partial charge in [0, 0.05) is 31.7 Å².